The average molecular weight is 363 g/mol. The van der Waals surface area contributed by atoms with Gasteiger partial charge < -0.3 is 10.1 Å². The van der Waals surface area contributed by atoms with E-state index in [-0.39, 0.29) is 0 Å². The topological polar surface area (TPSA) is 71.5 Å². The molecule has 7 heteroatoms. The number of nitrogens with one attached hydrogen (secondary N) is 1. The van der Waals surface area contributed by atoms with Gasteiger partial charge in [0.25, 0.3) is 0 Å². The van der Waals surface area contributed by atoms with E-state index in [0.717, 1.165) is 30.3 Å². The number of rotatable bonds is 5. The van der Waals surface area contributed by atoms with Crippen LogP contribution in [0, 0.1) is 6.92 Å². The molecule has 1 aliphatic heterocycles. The van der Waals surface area contributed by atoms with E-state index in [1.807, 2.05) is 19.9 Å². The van der Waals surface area contributed by atoms with Gasteiger partial charge in [0, 0.05) is 36.6 Å². The molecule has 1 N–H and O–H groups in total. The van der Waals surface area contributed by atoms with Crippen LogP contribution < -0.4 is 10.1 Å². The molecule has 25 heavy (non-hydrogen) atoms. The molecule has 0 saturated carbocycles. The van der Waals surface area contributed by atoms with Gasteiger partial charge in [0.05, 0.1) is 11.5 Å². The fraction of sp³-hybridized carbons (Fsp3) is 0.500. The number of hydrogen-bond donors (Lipinski definition) is 1. The molecule has 0 radical (unpaired) electrons. The van der Waals surface area contributed by atoms with Crippen molar-refractivity contribution in [2.45, 2.75) is 31.6 Å². The first-order valence-electron chi connectivity index (χ1n) is 8.77. The Kier molecular flexibility index (Phi) is 5.56. The van der Waals surface area contributed by atoms with Crippen LogP contribution in [-0.2, 0) is 10.0 Å². The highest BCUT2D eigenvalue weighted by Gasteiger charge is 2.28. The lowest BCUT2D eigenvalue weighted by Gasteiger charge is -2.21. The summed E-state index contributed by atoms with van der Waals surface area (Å²) in [5, 5.41) is 4.71. The lowest BCUT2D eigenvalue weighted by Crippen LogP contribution is -2.34. The van der Waals surface area contributed by atoms with Gasteiger partial charge in [-0.05, 0) is 44.0 Å². The number of ether oxygens (including phenoxy) is 1. The second kappa shape index (κ2) is 7.68. The summed E-state index contributed by atoms with van der Waals surface area (Å²) >= 11 is 0. The van der Waals surface area contributed by atoms with Crippen LogP contribution in [0.2, 0.25) is 0 Å². The van der Waals surface area contributed by atoms with Gasteiger partial charge in [-0.3, -0.25) is 0 Å². The molecule has 1 aromatic carbocycles. The van der Waals surface area contributed by atoms with E-state index in [1.54, 1.807) is 22.6 Å². The van der Waals surface area contributed by atoms with E-state index in [1.165, 1.54) is 0 Å². The molecule has 0 aliphatic carbocycles. The maximum atomic E-state index is 13.3. The van der Waals surface area contributed by atoms with E-state index in [9.17, 15) is 8.42 Å². The van der Waals surface area contributed by atoms with Gasteiger partial charge in [0.1, 0.15) is 0 Å². The molecule has 1 aromatic heterocycles. The Labute approximate surface area is 149 Å². The Morgan fingerprint density at radius 2 is 2.12 bits per heavy atom. The predicted octanol–water partition coefficient (Wildman–Crippen LogP) is 2.32. The minimum absolute atomic E-state index is 0.341. The SMILES string of the molecule is CCCOc1ncc(C)c2c(S(=O)(=O)N3CCCNCC3)cccc12. The van der Waals surface area contributed by atoms with Crippen molar-refractivity contribution in [2.75, 3.05) is 32.8 Å². The van der Waals surface area contributed by atoms with Crippen molar-refractivity contribution in [3.8, 4) is 5.88 Å². The van der Waals surface area contributed by atoms with Gasteiger partial charge >= 0.3 is 0 Å². The van der Waals surface area contributed by atoms with Crippen molar-refractivity contribution < 1.29 is 13.2 Å². The molecule has 3 rings (SSSR count). The number of fused-ring (bicyclic) bond motifs is 1. The number of nitrogens with zero attached hydrogens (tertiary/aromatic N) is 2. The standard InChI is InChI=1S/C18H25N3O3S/c1-3-12-24-18-15-6-4-7-16(17(15)14(2)13-20-18)25(22,23)21-10-5-8-19-9-11-21/h4,6-7,13,19H,3,5,8-12H2,1-2H3. The summed E-state index contributed by atoms with van der Waals surface area (Å²) in [4.78, 5) is 4.69. The maximum absolute atomic E-state index is 13.3. The van der Waals surface area contributed by atoms with Crippen LogP contribution >= 0.6 is 0 Å². The summed E-state index contributed by atoms with van der Waals surface area (Å²) in [5.74, 6) is 0.497. The minimum atomic E-state index is -3.56. The van der Waals surface area contributed by atoms with Crippen LogP contribution in [-0.4, -0.2) is 50.5 Å². The molecular weight excluding hydrogens is 338 g/mol. The van der Waals surface area contributed by atoms with Crippen LogP contribution in [0.5, 0.6) is 5.88 Å². The van der Waals surface area contributed by atoms with Crippen LogP contribution in [0.3, 0.4) is 0 Å². The highest BCUT2D eigenvalue weighted by Crippen LogP contribution is 2.33. The predicted molar refractivity (Wildman–Crippen MR) is 98.5 cm³/mol. The summed E-state index contributed by atoms with van der Waals surface area (Å²) in [6.07, 6.45) is 3.38. The van der Waals surface area contributed by atoms with Gasteiger partial charge in [-0.15, -0.1) is 0 Å². The summed E-state index contributed by atoms with van der Waals surface area (Å²) in [5.41, 5.74) is 0.839. The van der Waals surface area contributed by atoms with Crippen molar-refractivity contribution >= 4 is 20.8 Å². The van der Waals surface area contributed by atoms with Crippen molar-refractivity contribution in [3.63, 3.8) is 0 Å². The van der Waals surface area contributed by atoms with E-state index in [0.29, 0.717) is 42.4 Å². The summed E-state index contributed by atoms with van der Waals surface area (Å²) in [6.45, 7) is 7.02. The molecule has 0 unspecified atom stereocenters. The zero-order chi connectivity index (χ0) is 17.9. The molecule has 0 spiro atoms. The van der Waals surface area contributed by atoms with Crippen LogP contribution in [0.1, 0.15) is 25.3 Å². The Morgan fingerprint density at radius 1 is 1.28 bits per heavy atom. The van der Waals surface area contributed by atoms with Gasteiger partial charge in [-0.1, -0.05) is 13.0 Å². The molecule has 0 amide bonds. The zero-order valence-corrected chi connectivity index (χ0v) is 15.6. The monoisotopic (exact) mass is 363 g/mol. The number of pyridine rings is 1. The minimum Gasteiger partial charge on any atom is -0.477 e. The van der Waals surface area contributed by atoms with Crippen LogP contribution in [0.25, 0.3) is 10.8 Å². The zero-order valence-electron chi connectivity index (χ0n) is 14.8. The van der Waals surface area contributed by atoms with Crippen molar-refractivity contribution in [3.05, 3.63) is 30.0 Å². The quantitative estimate of drug-likeness (QED) is 0.883. The van der Waals surface area contributed by atoms with E-state index in [4.69, 9.17) is 4.74 Å². The first-order chi connectivity index (χ1) is 12.1. The Bertz CT molecular complexity index is 844. The third-order valence-electron chi connectivity index (χ3n) is 4.39. The fourth-order valence-electron chi connectivity index (χ4n) is 3.13. The van der Waals surface area contributed by atoms with E-state index >= 15 is 0 Å². The Balaban J connectivity index is 2.12. The lowest BCUT2D eigenvalue weighted by atomic mass is 10.1. The lowest BCUT2D eigenvalue weighted by molar-refractivity contribution is 0.309. The van der Waals surface area contributed by atoms with Gasteiger partial charge in [0.2, 0.25) is 15.9 Å². The molecule has 1 aliphatic rings. The van der Waals surface area contributed by atoms with Crippen molar-refractivity contribution in [2.24, 2.45) is 0 Å². The van der Waals surface area contributed by atoms with Crippen molar-refractivity contribution in [1.82, 2.24) is 14.6 Å². The third kappa shape index (κ3) is 3.63. The average Bonchev–Trinajstić information content (AvgIpc) is 2.91. The molecule has 0 atom stereocenters. The molecule has 0 bridgehead atoms. The number of aryl methyl sites for hydroxylation is 1. The van der Waals surface area contributed by atoms with E-state index < -0.39 is 10.0 Å². The smallest absolute Gasteiger partial charge is 0.243 e. The summed E-state index contributed by atoms with van der Waals surface area (Å²) in [7, 11) is -3.56. The summed E-state index contributed by atoms with van der Waals surface area (Å²) in [6, 6.07) is 5.33. The highest BCUT2D eigenvalue weighted by atomic mass is 32.2. The van der Waals surface area contributed by atoms with Gasteiger partial charge in [-0.25, -0.2) is 13.4 Å². The van der Waals surface area contributed by atoms with Gasteiger partial charge in [0.15, 0.2) is 0 Å². The number of hydrogen-bond acceptors (Lipinski definition) is 5. The molecule has 2 aromatic rings. The Morgan fingerprint density at radius 3 is 2.92 bits per heavy atom. The number of aromatic nitrogens is 1. The fourth-order valence-corrected chi connectivity index (χ4v) is 4.89. The molecule has 1 fully saturated rings. The van der Waals surface area contributed by atoms with E-state index in [2.05, 4.69) is 10.3 Å². The molecule has 6 nitrogen and oxygen atoms in total. The largest absolute Gasteiger partial charge is 0.477 e. The maximum Gasteiger partial charge on any atom is 0.243 e. The normalized spacial score (nSPS) is 16.7. The first kappa shape index (κ1) is 18.1. The summed E-state index contributed by atoms with van der Waals surface area (Å²) < 4.78 is 33.8. The van der Waals surface area contributed by atoms with Gasteiger partial charge in [-0.2, -0.15) is 4.31 Å². The first-order valence-corrected chi connectivity index (χ1v) is 10.2. The Hall–Kier alpha value is -1.70. The molecule has 1 saturated heterocycles. The third-order valence-corrected chi connectivity index (χ3v) is 6.33. The van der Waals surface area contributed by atoms with Crippen molar-refractivity contribution in [1.29, 1.82) is 0 Å². The van der Waals surface area contributed by atoms with Crippen LogP contribution in [0.4, 0.5) is 0 Å². The highest BCUT2D eigenvalue weighted by molar-refractivity contribution is 7.89. The molecule has 2 heterocycles. The number of benzene rings is 1. The molecule has 136 valence electrons. The second-order valence-electron chi connectivity index (χ2n) is 6.28. The second-order valence-corrected chi connectivity index (χ2v) is 8.19. The van der Waals surface area contributed by atoms with Crippen LogP contribution in [0.15, 0.2) is 29.3 Å². The number of sulfonamides is 1. The molecular formula is C18H25N3O3S.